The first-order valence-corrected chi connectivity index (χ1v) is 18.9. The molecule has 10 aromatic rings. The molecule has 0 unspecified atom stereocenters. The Bertz CT molecular complexity index is 2920. The molecule has 56 heavy (non-hydrogen) atoms. The van der Waals surface area contributed by atoms with E-state index in [0.29, 0.717) is 5.82 Å². The fourth-order valence-electron chi connectivity index (χ4n) is 7.73. The number of hydrogen-bond acceptors (Lipinski definition) is 3. The Morgan fingerprint density at radius 1 is 0.250 bits per heavy atom. The summed E-state index contributed by atoms with van der Waals surface area (Å²) in [6.07, 6.45) is 0. The van der Waals surface area contributed by atoms with E-state index in [-0.39, 0.29) is 0 Å². The van der Waals surface area contributed by atoms with Crippen LogP contribution in [0.15, 0.2) is 212 Å². The first-order chi connectivity index (χ1) is 27.7. The number of fused-ring (bicyclic) bond motifs is 3. The average Bonchev–Trinajstić information content (AvgIpc) is 3.29. The van der Waals surface area contributed by atoms with E-state index in [4.69, 9.17) is 15.0 Å². The first kappa shape index (κ1) is 33.1. The van der Waals surface area contributed by atoms with E-state index in [1.807, 2.05) is 12.1 Å². The third-order valence-electron chi connectivity index (χ3n) is 10.4. The van der Waals surface area contributed by atoms with E-state index < -0.39 is 0 Å². The maximum absolute atomic E-state index is 5.45. The minimum absolute atomic E-state index is 0.652. The Kier molecular flexibility index (Phi) is 8.51. The van der Waals surface area contributed by atoms with Crippen LogP contribution in [-0.2, 0) is 0 Å². The fourth-order valence-corrected chi connectivity index (χ4v) is 7.73. The summed E-state index contributed by atoms with van der Waals surface area (Å²) in [5, 5.41) is 3.29. The molecule has 10 rings (SSSR count). The molecule has 0 bridgehead atoms. The van der Waals surface area contributed by atoms with Gasteiger partial charge in [-0.05, 0) is 80.6 Å². The topological polar surface area (TPSA) is 38.7 Å². The molecule has 3 nitrogen and oxygen atoms in total. The molecule has 0 aliphatic rings. The smallest absolute Gasteiger partial charge is 0.161 e. The standard InChI is InChI=1S/C53H35N3/c1-6-18-36(19-7-1)41-30-42(37-20-8-2-9-21-37)32-43(31-41)50-35-49(40-26-14-5-15-27-40)55-53(56-50)47-34-51-52(45-29-17-16-28-44(45)47)46(38-22-10-3-11-23-38)33-48(54-51)39-24-12-4-13-25-39/h1-35H. The van der Waals surface area contributed by atoms with Crippen molar-refractivity contribution in [1.29, 1.82) is 0 Å². The highest BCUT2D eigenvalue weighted by molar-refractivity contribution is 6.18. The average molecular weight is 714 g/mol. The van der Waals surface area contributed by atoms with Crippen LogP contribution in [0.25, 0.3) is 100 Å². The van der Waals surface area contributed by atoms with Crippen LogP contribution in [0.1, 0.15) is 0 Å². The van der Waals surface area contributed by atoms with Crippen LogP contribution in [-0.4, -0.2) is 15.0 Å². The van der Waals surface area contributed by atoms with E-state index in [0.717, 1.165) is 94.4 Å². The number of aromatic nitrogens is 3. The highest BCUT2D eigenvalue weighted by Gasteiger charge is 2.19. The highest BCUT2D eigenvalue weighted by atomic mass is 14.9. The molecule has 262 valence electrons. The molecule has 2 heterocycles. The summed E-state index contributed by atoms with van der Waals surface area (Å²) in [6, 6.07) is 74.5. The number of pyridine rings is 1. The van der Waals surface area contributed by atoms with E-state index >= 15 is 0 Å². The van der Waals surface area contributed by atoms with Crippen molar-refractivity contribution in [2.24, 2.45) is 0 Å². The molecule has 0 amide bonds. The molecule has 0 aliphatic heterocycles. The summed E-state index contributed by atoms with van der Waals surface area (Å²) in [5.41, 5.74) is 14.4. The van der Waals surface area contributed by atoms with Crippen molar-refractivity contribution in [3.63, 3.8) is 0 Å². The molecule has 0 saturated heterocycles. The van der Waals surface area contributed by atoms with Crippen LogP contribution in [0.2, 0.25) is 0 Å². The predicted octanol–water partition coefficient (Wildman–Crippen LogP) is 13.8. The molecule has 0 atom stereocenters. The number of rotatable bonds is 7. The molecule has 0 spiro atoms. The molecular weight excluding hydrogens is 679 g/mol. The fraction of sp³-hybridized carbons (Fsp3) is 0. The Morgan fingerprint density at radius 3 is 1.20 bits per heavy atom. The summed E-state index contributed by atoms with van der Waals surface area (Å²) in [4.78, 5) is 16.2. The molecule has 2 aromatic heterocycles. The lowest BCUT2D eigenvalue weighted by molar-refractivity contribution is 1.19. The van der Waals surface area contributed by atoms with Crippen LogP contribution in [0, 0.1) is 0 Å². The Hall–Kier alpha value is -7.49. The molecule has 8 aromatic carbocycles. The van der Waals surface area contributed by atoms with Gasteiger partial charge in [-0.1, -0.05) is 176 Å². The van der Waals surface area contributed by atoms with Crippen LogP contribution in [0.4, 0.5) is 0 Å². The zero-order chi connectivity index (χ0) is 37.3. The van der Waals surface area contributed by atoms with Crippen LogP contribution in [0.3, 0.4) is 0 Å². The van der Waals surface area contributed by atoms with E-state index in [1.54, 1.807) is 0 Å². The van der Waals surface area contributed by atoms with Gasteiger partial charge in [-0.2, -0.15) is 0 Å². The third kappa shape index (κ3) is 6.31. The van der Waals surface area contributed by atoms with Crippen molar-refractivity contribution < 1.29 is 0 Å². The van der Waals surface area contributed by atoms with Crippen LogP contribution >= 0.6 is 0 Å². The number of benzene rings is 8. The van der Waals surface area contributed by atoms with Crippen molar-refractivity contribution in [1.82, 2.24) is 15.0 Å². The van der Waals surface area contributed by atoms with E-state index in [2.05, 4.69) is 200 Å². The zero-order valence-corrected chi connectivity index (χ0v) is 30.5. The van der Waals surface area contributed by atoms with Gasteiger partial charge in [-0.15, -0.1) is 0 Å². The monoisotopic (exact) mass is 713 g/mol. The van der Waals surface area contributed by atoms with Gasteiger partial charge < -0.3 is 0 Å². The van der Waals surface area contributed by atoms with Gasteiger partial charge in [0.05, 0.1) is 22.6 Å². The maximum atomic E-state index is 5.45. The van der Waals surface area contributed by atoms with Gasteiger partial charge in [-0.25, -0.2) is 15.0 Å². The van der Waals surface area contributed by atoms with E-state index in [9.17, 15) is 0 Å². The van der Waals surface area contributed by atoms with Gasteiger partial charge in [0.2, 0.25) is 0 Å². The quantitative estimate of drug-likeness (QED) is 0.154. The Labute approximate surface area is 326 Å². The molecule has 0 radical (unpaired) electrons. The third-order valence-corrected chi connectivity index (χ3v) is 10.4. The predicted molar refractivity (Wildman–Crippen MR) is 233 cm³/mol. The van der Waals surface area contributed by atoms with Gasteiger partial charge >= 0.3 is 0 Å². The molecule has 0 N–H and O–H groups in total. The summed E-state index contributed by atoms with van der Waals surface area (Å²) < 4.78 is 0. The lowest BCUT2D eigenvalue weighted by atomic mass is 9.92. The second kappa shape index (κ2) is 14.4. The van der Waals surface area contributed by atoms with Gasteiger partial charge in [0.15, 0.2) is 5.82 Å². The molecule has 0 saturated carbocycles. The van der Waals surface area contributed by atoms with Crippen LogP contribution < -0.4 is 0 Å². The normalized spacial score (nSPS) is 11.2. The second-order valence-electron chi connectivity index (χ2n) is 14.0. The van der Waals surface area contributed by atoms with Gasteiger partial charge in [0.25, 0.3) is 0 Å². The molecule has 0 aliphatic carbocycles. The minimum Gasteiger partial charge on any atom is -0.248 e. The summed E-state index contributed by atoms with van der Waals surface area (Å²) in [6.45, 7) is 0. The summed E-state index contributed by atoms with van der Waals surface area (Å²) >= 11 is 0. The van der Waals surface area contributed by atoms with Crippen molar-refractivity contribution >= 4 is 21.7 Å². The summed E-state index contributed by atoms with van der Waals surface area (Å²) in [7, 11) is 0. The second-order valence-corrected chi connectivity index (χ2v) is 14.0. The first-order valence-electron chi connectivity index (χ1n) is 18.9. The van der Waals surface area contributed by atoms with Gasteiger partial charge in [0, 0.05) is 27.6 Å². The van der Waals surface area contributed by atoms with Crippen molar-refractivity contribution in [2.75, 3.05) is 0 Å². The van der Waals surface area contributed by atoms with Crippen LogP contribution in [0.5, 0.6) is 0 Å². The number of nitrogens with zero attached hydrogens (tertiary/aromatic N) is 3. The van der Waals surface area contributed by atoms with Crippen molar-refractivity contribution in [3.8, 4) is 78.5 Å². The van der Waals surface area contributed by atoms with Gasteiger partial charge in [0.1, 0.15) is 0 Å². The Balaban J connectivity index is 1.25. The molecule has 0 fully saturated rings. The number of hydrogen-bond donors (Lipinski definition) is 0. The minimum atomic E-state index is 0.652. The Morgan fingerprint density at radius 2 is 0.661 bits per heavy atom. The highest BCUT2D eigenvalue weighted by Crippen LogP contribution is 2.41. The molecule has 3 heteroatoms. The van der Waals surface area contributed by atoms with E-state index in [1.165, 1.54) is 0 Å². The molecular formula is C53H35N3. The maximum Gasteiger partial charge on any atom is 0.161 e. The largest absolute Gasteiger partial charge is 0.248 e. The van der Waals surface area contributed by atoms with Crippen molar-refractivity contribution in [2.45, 2.75) is 0 Å². The SMILES string of the molecule is c1ccc(-c2cc(-c3ccccc3)cc(-c3cc(-c4ccccc4)nc(-c4cc5nc(-c6ccccc6)cc(-c6ccccc6)c5c5ccccc45)n3)c2)cc1. The van der Waals surface area contributed by atoms with Crippen molar-refractivity contribution in [3.05, 3.63) is 212 Å². The zero-order valence-electron chi connectivity index (χ0n) is 30.5. The summed E-state index contributed by atoms with van der Waals surface area (Å²) in [5.74, 6) is 0.652. The van der Waals surface area contributed by atoms with Gasteiger partial charge in [-0.3, -0.25) is 0 Å². The lowest BCUT2D eigenvalue weighted by Crippen LogP contribution is -1.98. The lowest BCUT2D eigenvalue weighted by Gasteiger charge is -2.17.